The van der Waals surface area contributed by atoms with Gasteiger partial charge in [0.25, 0.3) is 5.69 Å². The van der Waals surface area contributed by atoms with Gasteiger partial charge < -0.3 is 20.4 Å². The van der Waals surface area contributed by atoms with Crippen LogP contribution in [0.2, 0.25) is 0 Å². The number of amides is 1. The first-order valence-electron chi connectivity index (χ1n) is 11.3. The Balaban J connectivity index is 1.32. The number of hydrogen-bond donors (Lipinski definition) is 3. The van der Waals surface area contributed by atoms with Gasteiger partial charge >= 0.3 is 0 Å². The molecule has 9 nitrogen and oxygen atoms in total. The molecule has 0 radical (unpaired) electrons. The molecule has 2 aromatic carbocycles. The van der Waals surface area contributed by atoms with Gasteiger partial charge in [-0.15, -0.1) is 0 Å². The topological polar surface area (TPSA) is 119 Å². The van der Waals surface area contributed by atoms with Crippen molar-refractivity contribution in [1.82, 2.24) is 9.80 Å². The molecule has 33 heavy (non-hydrogen) atoms. The zero-order chi connectivity index (χ0) is 23.6. The number of aliphatic hydroxyl groups is 2. The lowest BCUT2D eigenvalue weighted by Crippen LogP contribution is -2.54. The first-order valence-corrected chi connectivity index (χ1v) is 11.3. The van der Waals surface area contributed by atoms with Crippen LogP contribution in [-0.4, -0.2) is 62.7 Å². The van der Waals surface area contributed by atoms with Gasteiger partial charge in [0, 0.05) is 49.4 Å². The molecule has 3 N–H and O–H groups in total. The van der Waals surface area contributed by atoms with E-state index in [1.807, 2.05) is 42.2 Å². The molecular formula is C24H30N4O5. The predicted molar refractivity (Wildman–Crippen MR) is 123 cm³/mol. The third-order valence-corrected chi connectivity index (χ3v) is 6.74. The molecule has 4 rings (SSSR count). The van der Waals surface area contributed by atoms with Gasteiger partial charge in [-0.1, -0.05) is 37.3 Å². The Hall–Kier alpha value is -3.01. The van der Waals surface area contributed by atoms with Crippen LogP contribution in [0.1, 0.15) is 49.5 Å². The molecule has 1 fully saturated rings. The molecule has 0 saturated carbocycles. The van der Waals surface area contributed by atoms with Crippen LogP contribution in [0.4, 0.5) is 11.4 Å². The van der Waals surface area contributed by atoms with Gasteiger partial charge in [0.2, 0.25) is 5.91 Å². The molecule has 1 amide bonds. The van der Waals surface area contributed by atoms with Crippen molar-refractivity contribution in [1.29, 1.82) is 0 Å². The number of piperidine rings is 1. The molecule has 2 atom stereocenters. The highest BCUT2D eigenvalue weighted by Gasteiger charge is 2.38. The molecule has 0 aromatic heterocycles. The number of nitrogens with zero attached hydrogens (tertiary/aromatic N) is 3. The van der Waals surface area contributed by atoms with E-state index in [9.17, 15) is 25.1 Å². The zero-order valence-electron chi connectivity index (χ0n) is 18.7. The highest BCUT2D eigenvalue weighted by Crippen LogP contribution is 2.35. The van der Waals surface area contributed by atoms with Gasteiger partial charge in [0.1, 0.15) is 6.23 Å². The van der Waals surface area contributed by atoms with Crippen molar-refractivity contribution in [3.8, 4) is 0 Å². The van der Waals surface area contributed by atoms with E-state index in [-0.39, 0.29) is 30.7 Å². The maximum Gasteiger partial charge on any atom is 0.271 e. The number of nitro benzene ring substituents is 1. The van der Waals surface area contributed by atoms with Crippen LogP contribution in [0.25, 0.3) is 0 Å². The summed E-state index contributed by atoms with van der Waals surface area (Å²) in [6, 6.07) is 14.3. The van der Waals surface area contributed by atoms with Crippen LogP contribution in [0, 0.1) is 10.1 Å². The number of non-ortho nitro benzene ring substituents is 1. The van der Waals surface area contributed by atoms with Crippen molar-refractivity contribution in [2.45, 2.75) is 43.9 Å². The molecular weight excluding hydrogens is 424 g/mol. The van der Waals surface area contributed by atoms with E-state index >= 15 is 0 Å². The summed E-state index contributed by atoms with van der Waals surface area (Å²) in [6.45, 7) is 3.48. The Morgan fingerprint density at radius 3 is 2.61 bits per heavy atom. The fourth-order valence-corrected chi connectivity index (χ4v) is 4.65. The number of anilines is 1. The minimum absolute atomic E-state index is 0.0425. The minimum atomic E-state index is -1.03. The summed E-state index contributed by atoms with van der Waals surface area (Å²) in [6.07, 6.45) is 0.307. The number of aliphatic hydroxyl groups excluding tert-OH is 1. The van der Waals surface area contributed by atoms with Crippen molar-refractivity contribution in [2.24, 2.45) is 0 Å². The van der Waals surface area contributed by atoms with Gasteiger partial charge in [-0.3, -0.25) is 19.8 Å². The average Bonchev–Trinajstić information content (AvgIpc) is 2.81. The smallest absolute Gasteiger partial charge is 0.271 e. The average molecular weight is 455 g/mol. The molecule has 0 aliphatic carbocycles. The second-order valence-corrected chi connectivity index (χ2v) is 9.11. The standard InChI is InChI=1S/C24H30N4O5/c1-17(18-5-3-2-4-6-18)13-22(29)26-11-9-24(31,10-12-26)15-27-16-25-21-14-19(28(32)33)7-8-20(21)23(27)30/h2-8,14,17,23,25,30-31H,9-13,15-16H2,1H3/t17-,23?/m1/s1. The summed E-state index contributed by atoms with van der Waals surface area (Å²) in [4.78, 5) is 26.8. The lowest BCUT2D eigenvalue weighted by Gasteiger charge is -2.43. The summed E-state index contributed by atoms with van der Waals surface area (Å²) < 4.78 is 0. The summed E-state index contributed by atoms with van der Waals surface area (Å²) in [5.74, 6) is 0.216. The van der Waals surface area contributed by atoms with E-state index in [2.05, 4.69) is 5.32 Å². The van der Waals surface area contributed by atoms with Crippen LogP contribution in [-0.2, 0) is 4.79 Å². The molecule has 2 aliphatic rings. The number of carbonyl (C=O) groups is 1. The lowest BCUT2D eigenvalue weighted by molar-refractivity contribution is -0.384. The number of fused-ring (bicyclic) bond motifs is 1. The lowest BCUT2D eigenvalue weighted by atomic mass is 9.89. The summed E-state index contributed by atoms with van der Waals surface area (Å²) in [5.41, 5.74) is 1.13. The number of likely N-dealkylation sites (tertiary alicyclic amines) is 1. The van der Waals surface area contributed by atoms with E-state index in [1.54, 1.807) is 4.90 Å². The predicted octanol–water partition coefficient (Wildman–Crippen LogP) is 2.82. The molecule has 9 heteroatoms. The van der Waals surface area contributed by atoms with E-state index in [0.717, 1.165) is 5.56 Å². The second-order valence-electron chi connectivity index (χ2n) is 9.11. The first-order chi connectivity index (χ1) is 15.8. The number of rotatable bonds is 6. The van der Waals surface area contributed by atoms with Gasteiger partial charge in [0.05, 0.1) is 17.2 Å². The number of nitrogens with one attached hydrogen (secondary N) is 1. The van der Waals surface area contributed by atoms with Gasteiger partial charge in [-0.25, -0.2) is 0 Å². The van der Waals surface area contributed by atoms with Gasteiger partial charge in [0.15, 0.2) is 0 Å². The van der Waals surface area contributed by atoms with Crippen LogP contribution in [0.3, 0.4) is 0 Å². The minimum Gasteiger partial charge on any atom is -0.388 e. The fraction of sp³-hybridized carbons (Fsp3) is 0.458. The Morgan fingerprint density at radius 2 is 1.94 bits per heavy atom. The third-order valence-electron chi connectivity index (χ3n) is 6.74. The number of hydrogen-bond acceptors (Lipinski definition) is 7. The molecule has 0 spiro atoms. The van der Waals surface area contributed by atoms with Gasteiger partial charge in [-0.2, -0.15) is 0 Å². The largest absolute Gasteiger partial charge is 0.388 e. The highest BCUT2D eigenvalue weighted by atomic mass is 16.6. The van der Waals surface area contributed by atoms with E-state index in [4.69, 9.17) is 0 Å². The Morgan fingerprint density at radius 1 is 1.24 bits per heavy atom. The van der Waals surface area contributed by atoms with Crippen LogP contribution >= 0.6 is 0 Å². The fourth-order valence-electron chi connectivity index (χ4n) is 4.65. The maximum atomic E-state index is 12.8. The summed E-state index contributed by atoms with van der Waals surface area (Å²) in [5, 5.41) is 36.0. The van der Waals surface area contributed by atoms with Crippen LogP contribution in [0.15, 0.2) is 48.5 Å². The van der Waals surface area contributed by atoms with Crippen LogP contribution in [0.5, 0.6) is 0 Å². The molecule has 0 bridgehead atoms. The van der Waals surface area contributed by atoms with Crippen LogP contribution < -0.4 is 5.32 Å². The molecule has 2 aromatic rings. The SMILES string of the molecule is C[C@H](CC(=O)N1CCC(O)(CN2CNc3cc([N+](=O)[O-])ccc3C2O)CC1)c1ccccc1. The van der Waals surface area contributed by atoms with E-state index in [1.165, 1.54) is 18.2 Å². The third kappa shape index (κ3) is 5.16. The maximum absolute atomic E-state index is 12.8. The van der Waals surface area contributed by atoms with Crippen molar-refractivity contribution < 1.29 is 19.9 Å². The highest BCUT2D eigenvalue weighted by molar-refractivity contribution is 5.77. The Kier molecular flexibility index (Phi) is 6.64. The molecule has 1 saturated heterocycles. The van der Waals surface area contributed by atoms with Crippen molar-refractivity contribution in [3.63, 3.8) is 0 Å². The molecule has 2 aliphatic heterocycles. The summed E-state index contributed by atoms with van der Waals surface area (Å²) in [7, 11) is 0. The second kappa shape index (κ2) is 9.46. The van der Waals surface area contributed by atoms with E-state index < -0.39 is 16.8 Å². The van der Waals surface area contributed by atoms with Crippen molar-refractivity contribution in [2.75, 3.05) is 31.6 Å². The molecule has 176 valence electrons. The first kappa shape index (κ1) is 23.2. The number of β-amino-alcohol motifs (C(OH)–C–C–N with tert-alkyl or cyclic N) is 1. The normalized spacial score (nSPS) is 21.1. The molecule has 1 unspecified atom stereocenters. The van der Waals surface area contributed by atoms with E-state index in [0.29, 0.717) is 43.6 Å². The van der Waals surface area contributed by atoms with Crippen molar-refractivity contribution >= 4 is 17.3 Å². The Bertz CT molecular complexity index is 1010. The number of carbonyl (C=O) groups excluding carboxylic acids is 1. The van der Waals surface area contributed by atoms with Crippen molar-refractivity contribution in [3.05, 3.63) is 69.8 Å². The summed E-state index contributed by atoms with van der Waals surface area (Å²) >= 11 is 0. The van der Waals surface area contributed by atoms with Gasteiger partial charge in [-0.05, 0) is 30.4 Å². The zero-order valence-corrected chi connectivity index (χ0v) is 18.7. The Labute approximate surface area is 192 Å². The quantitative estimate of drug-likeness (QED) is 0.454. The monoisotopic (exact) mass is 454 g/mol. The molecule has 2 heterocycles. The number of nitro groups is 1. The number of benzene rings is 2.